The molecule has 7 nitrogen and oxygen atoms in total. The molecule has 28 heavy (non-hydrogen) atoms. The highest BCUT2D eigenvalue weighted by Crippen LogP contribution is 2.32. The van der Waals surface area contributed by atoms with E-state index in [-0.39, 0.29) is 12.8 Å². The maximum atomic E-state index is 5.43. The van der Waals surface area contributed by atoms with Crippen molar-refractivity contribution in [3.8, 4) is 17.2 Å². The van der Waals surface area contributed by atoms with Gasteiger partial charge in [-0.05, 0) is 49.5 Å². The maximum Gasteiger partial charge on any atom is 0.231 e. The molecule has 0 radical (unpaired) electrons. The van der Waals surface area contributed by atoms with E-state index in [1.165, 1.54) is 5.56 Å². The minimum atomic E-state index is 0.204. The average Bonchev–Trinajstić information content (AvgIpc) is 3.18. The molecule has 0 saturated heterocycles. The van der Waals surface area contributed by atoms with E-state index in [1.807, 2.05) is 30.3 Å². The number of nitrogens with zero attached hydrogens (tertiary/aromatic N) is 2. The van der Waals surface area contributed by atoms with Crippen molar-refractivity contribution in [2.24, 2.45) is 4.99 Å². The summed E-state index contributed by atoms with van der Waals surface area (Å²) < 4.78 is 16.0. The maximum absolute atomic E-state index is 5.43. The third-order valence-corrected chi connectivity index (χ3v) is 4.71. The highest BCUT2D eigenvalue weighted by molar-refractivity contribution is 5.79. The Morgan fingerprint density at radius 1 is 1.11 bits per heavy atom. The molecule has 0 bridgehead atoms. The van der Waals surface area contributed by atoms with E-state index in [4.69, 9.17) is 14.2 Å². The van der Waals surface area contributed by atoms with Crippen LogP contribution in [0, 0.1) is 0 Å². The van der Waals surface area contributed by atoms with Crippen molar-refractivity contribution >= 4 is 5.96 Å². The molecular weight excluding hydrogens is 356 g/mol. The van der Waals surface area contributed by atoms with Gasteiger partial charge in [-0.2, -0.15) is 0 Å². The summed E-state index contributed by atoms with van der Waals surface area (Å²) in [5.74, 6) is 3.18. The molecule has 1 unspecified atom stereocenters. The van der Waals surface area contributed by atoms with Crippen molar-refractivity contribution in [2.45, 2.75) is 12.6 Å². The van der Waals surface area contributed by atoms with Gasteiger partial charge >= 0.3 is 0 Å². The number of ether oxygens (including phenoxy) is 3. The van der Waals surface area contributed by atoms with Crippen molar-refractivity contribution in [3.63, 3.8) is 0 Å². The Hall–Kier alpha value is -2.93. The Kier molecular flexibility index (Phi) is 6.60. The van der Waals surface area contributed by atoms with Gasteiger partial charge in [0.1, 0.15) is 5.75 Å². The Morgan fingerprint density at radius 3 is 2.54 bits per heavy atom. The van der Waals surface area contributed by atoms with Crippen LogP contribution in [0.2, 0.25) is 0 Å². The van der Waals surface area contributed by atoms with Gasteiger partial charge in [0, 0.05) is 20.1 Å². The molecule has 3 rings (SSSR count). The second-order valence-corrected chi connectivity index (χ2v) is 6.75. The zero-order chi connectivity index (χ0) is 19.9. The molecule has 0 aromatic heterocycles. The first-order chi connectivity index (χ1) is 13.6. The van der Waals surface area contributed by atoms with E-state index in [0.717, 1.165) is 35.3 Å². The molecule has 2 aromatic rings. The molecule has 7 heteroatoms. The van der Waals surface area contributed by atoms with Gasteiger partial charge in [0.15, 0.2) is 17.5 Å². The van der Waals surface area contributed by atoms with E-state index < -0.39 is 0 Å². The number of fused-ring (bicyclic) bond motifs is 1. The monoisotopic (exact) mass is 384 g/mol. The number of hydrogen-bond acceptors (Lipinski definition) is 5. The van der Waals surface area contributed by atoms with Crippen LogP contribution < -0.4 is 24.8 Å². The molecule has 2 N–H and O–H groups in total. The van der Waals surface area contributed by atoms with Gasteiger partial charge in [-0.25, -0.2) is 0 Å². The summed E-state index contributed by atoms with van der Waals surface area (Å²) in [6.07, 6.45) is 0. The Balaban J connectivity index is 1.56. The molecule has 2 aromatic carbocycles. The van der Waals surface area contributed by atoms with Crippen LogP contribution >= 0.6 is 0 Å². The second-order valence-electron chi connectivity index (χ2n) is 6.75. The summed E-state index contributed by atoms with van der Waals surface area (Å²) >= 11 is 0. The summed E-state index contributed by atoms with van der Waals surface area (Å²) in [5, 5.41) is 6.76. The molecule has 0 aliphatic carbocycles. The molecule has 1 atom stereocenters. The Bertz CT molecular complexity index is 806. The van der Waals surface area contributed by atoms with E-state index >= 15 is 0 Å². The minimum absolute atomic E-state index is 0.204. The predicted molar refractivity (Wildman–Crippen MR) is 110 cm³/mol. The molecule has 0 fully saturated rings. The molecule has 1 aliphatic rings. The molecule has 0 saturated carbocycles. The molecule has 1 heterocycles. The van der Waals surface area contributed by atoms with Crippen LogP contribution in [0.15, 0.2) is 47.5 Å². The van der Waals surface area contributed by atoms with E-state index in [2.05, 4.69) is 46.8 Å². The van der Waals surface area contributed by atoms with Gasteiger partial charge in [-0.15, -0.1) is 0 Å². The predicted octanol–water partition coefficient (Wildman–Crippen LogP) is 2.39. The van der Waals surface area contributed by atoms with Crippen LogP contribution in [0.4, 0.5) is 0 Å². The zero-order valence-electron chi connectivity index (χ0n) is 16.9. The summed E-state index contributed by atoms with van der Waals surface area (Å²) in [6, 6.07) is 14.3. The SMILES string of the molecule is CN=C(NCc1ccc2c(c1)OCO2)NCC(c1ccc(OC)cc1)N(C)C. The fourth-order valence-electron chi connectivity index (χ4n) is 3.08. The van der Waals surface area contributed by atoms with E-state index in [0.29, 0.717) is 6.54 Å². The standard InChI is InChI=1S/C21H28N4O3/c1-22-21(23-12-15-5-10-19-20(11-15)28-14-27-19)24-13-18(25(2)3)16-6-8-17(26-4)9-7-16/h5-11,18H,12-14H2,1-4H3,(H2,22,23,24). The first-order valence-corrected chi connectivity index (χ1v) is 9.24. The van der Waals surface area contributed by atoms with Crippen molar-refractivity contribution in [1.29, 1.82) is 0 Å². The van der Waals surface area contributed by atoms with Crippen molar-refractivity contribution in [3.05, 3.63) is 53.6 Å². The van der Waals surface area contributed by atoms with Crippen LogP contribution in [-0.2, 0) is 6.54 Å². The summed E-state index contributed by atoms with van der Waals surface area (Å²) in [7, 11) is 7.58. The largest absolute Gasteiger partial charge is 0.497 e. The van der Waals surface area contributed by atoms with Gasteiger partial charge in [-0.1, -0.05) is 18.2 Å². The lowest BCUT2D eigenvalue weighted by molar-refractivity contribution is 0.174. The average molecular weight is 384 g/mol. The highest BCUT2D eigenvalue weighted by Gasteiger charge is 2.16. The topological polar surface area (TPSA) is 67.4 Å². The third kappa shape index (κ3) is 4.86. The van der Waals surface area contributed by atoms with E-state index in [9.17, 15) is 0 Å². The number of benzene rings is 2. The number of likely N-dealkylation sites (N-methyl/N-ethyl adjacent to an activating group) is 1. The van der Waals surface area contributed by atoms with Gasteiger partial charge < -0.3 is 29.7 Å². The lowest BCUT2D eigenvalue weighted by Gasteiger charge is -2.26. The lowest BCUT2D eigenvalue weighted by atomic mass is 10.1. The first-order valence-electron chi connectivity index (χ1n) is 9.24. The zero-order valence-corrected chi connectivity index (χ0v) is 16.9. The second kappa shape index (κ2) is 9.32. The smallest absolute Gasteiger partial charge is 0.231 e. The summed E-state index contributed by atoms with van der Waals surface area (Å²) in [4.78, 5) is 6.51. The normalized spacial score (nSPS) is 14.1. The quantitative estimate of drug-likeness (QED) is 0.564. The van der Waals surface area contributed by atoms with E-state index in [1.54, 1.807) is 14.2 Å². The third-order valence-electron chi connectivity index (χ3n) is 4.71. The molecule has 0 amide bonds. The molecular formula is C21H28N4O3. The van der Waals surface area contributed by atoms with Gasteiger partial charge in [0.25, 0.3) is 0 Å². The highest BCUT2D eigenvalue weighted by atomic mass is 16.7. The number of nitrogens with one attached hydrogen (secondary N) is 2. The molecule has 1 aliphatic heterocycles. The Morgan fingerprint density at radius 2 is 1.86 bits per heavy atom. The minimum Gasteiger partial charge on any atom is -0.497 e. The van der Waals surface area contributed by atoms with Gasteiger partial charge in [0.05, 0.1) is 13.2 Å². The van der Waals surface area contributed by atoms with Crippen molar-refractivity contribution in [2.75, 3.05) is 41.6 Å². The van der Waals surface area contributed by atoms with Gasteiger partial charge in [0.2, 0.25) is 6.79 Å². The van der Waals surface area contributed by atoms with Gasteiger partial charge in [-0.3, -0.25) is 4.99 Å². The van der Waals surface area contributed by atoms with Crippen LogP contribution in [0.1, 0.15) is 17.2 Å². The van der Waals surface area contributed by atoms with Crippen LogP contribution in [-0.4, -0.2) is 52.4 Å². The fraction of sp³-hybridized carbons (Fsp3) is 0.381. The number of rotatable bonds is 7. The summed E-state index contributed by atoms with van der Waals surface area (Å²) in [5.41, 5.74) is 2.32. The van der Waals surface area contributed by atoms with Crippen LogP contribution in [0.5, 0.6) is 17.2 Å². The van der Waals surface area contributed by atoms with Crippen molar-refractivity contribution in [1.82, 2.24) is 15.5 Å². The van der Waals surface area contributed by atoms with Crippen molar-refractivity contribution < 1.29 is 14.2 Å². The lowest BCUT2D eigenvalue weighted by Crippen LogP contribution is -2.41. The number of methoxy groups -OCH3 is 1. The Labute approximate surface area is 166 Å². The van der Waals surface area contributed by atoms with Crippen LogP contribution in [0.25, 0.3) is 0 Å². The number of aliphatic imine (C=N–C) groups is 1. The fourth-order valence-corrected chi connectivity index (χ4v) is 3.08. The number of hydrogen-bond donors (Lipinski definition) is 2. The molecule has 0 spiro atoms. The number of guanidine groups is 1. The molecule has 150 valence electrons. The first kappa shape index (κ1) is 19.8. The van der Waals surface area contributed by atoms with Crippen LogP contribution in [0.3, 0.4) is 0 Å². The summed E-state index contributed by atoms with van der Waals surface area (Å²) in [6.45, 7) is 1.65.